The number of carbonyl (C=O) groups excluding carboxylic acids is 1. The molecule has 2 amide bonds. The third kappa shape index (κ3) is 5.16. The smallest absolute Gasteiger partial charge is 0.319 e. The first kappa shape index (κ1) is 18.8. The summed E-state index contributed by atoms with van der Waals surface area (Å²) in [7, 11) is 1.62. The van der Waals surface area contributed by atoms with Crippen LogP contribution in [0.2, 0.25) is 0 Å². The van der Waals surface area contributed by atoms with Crippen LogP contribution in [0.15, 0.2) is 6.07 Å². The van der Waals surface area contributed by atoms with Gasteiger partial charge in [-0.05, 0) is 63.8 Å². The molecule has 128 valence electrons. The molecule has 0 radical (unpaired) electrons. The standard InChI is InChI=1S/C17H26N2O4/c1-10-9-13(23-6)11(2)12(3)15(10)18-16(22)19-17(4,5)8-7-14(20)21/h9H,7-8H2,1-6H3,(H,20,21)(H2,18,19,22). The number of methoxy groups -OCH3 is 1. The van der Waals surface area contributed by atoms with E-state index in [2.05, 4.69) is 10.6 Å². The van der Waals surface area contributed by atoms with Crippen LogP contribution in [0.4, 0.5) is 10.5 Å². The van der Waals surface area contributed by atoms with E-state index in [1.807, 2.05) is 26.8 Å². The fourth-order valence-corrected chi connectivity index (χ4v) is 2.38. The molecular weight excluding hydrogens is 296 g/mol. The fraction of sp³-hybridized carbons (Fsp3) is 0.529. The summed E-state index contributed by atoms with van der Waals surface area (Å²) < 4.78 is 5.32. The number of hydrogen-bond acceptors (Lipinski definition) is 3. The minimum atomic E-state index is -0.877. The summed E-state index contributed by atoms with van der Waals surface area (Å²) in [5.74, 6) is -0.0921. The van der Waals surface area contributed by atoms with Crippen molar-refractivity contribution in [1.29, 1.82) is 0 Å². The van der Waals surface area contributed by atoms with E-state index < -0.39 is 11.5 Å². The molecule has 0 aliphatic carbocycles. The number of rotatable bonds is 6. The molecule has 0 saturated carbocycles. The van der Waals surface area contributed by atoms with Crippen LogP contribution < -0.4 is 15.4 Å². The number of amides is 2. The second kappa shape index (κ2) is 7.35. The van der Waals surface area contributed by atoms with Gasteiger partial charge in [-0.15, -0.1) is 0 Å². The number of hydrogen-bond donors (Lipinski definition) is 3. The monoisotopic (exact) mass is 322 g/mol. The van der Waals surface area contributed by atoms with Gasteiger partial charge in [0, 0.05) is 17.6 Å². The highest BCUT2D eigenvalue weighted by atomic mass is 16.5. The Kier molecular flexibility index (Phi) is 6.01. The molecule has 0 aliphatic rings. The number of carboxylic acid groups (broad SMARTS) is 1. The zero-order valence-corrected chi connectivity index (χ0v) is 14.7. The first-order valence-electron chi connectivity index (χ1n) is 7.53. The van der Waals surface area contributed by atoms with Gasteiger partial charge in [-0.25, -0.2) is 4.79 Å². The number of carboxylic acids is 1. The highest BCUT2D eigenvalue weighted by Crippen LogP contribution is 2.31. The third-order valence-corrected chi connectivity index (χ3v) is 3.92. The Bertz CT molecular complexity index is 609. The lowest BCUT2D eigenvalue weighted by atomic mass is 9.98. The average molecular weight is 322 g/mol. The normalized spacial score (nSPS) is 11.0. The first-order valence-corrected chi connectivity index (χ1v) is 7.53. The molecule has 0 aliphatic heterocycles. The summed E-state index contributed by atoms with van der Waals surface area (Å²) in [6.07, 6.45) is 0.363. The van der Waals surface area contributed by atoms with Crippen LogP contribution in [0.1, 0.15) is 43.4 Å². The lowest BCUT2D eigenvalue weighted by Gasteiger charge is -2.26. The maximum absolute atomic E-state index is 12.2. The quantitative estimate of drug-likeness (QED) is 0.749. The molecule has 3 N–H and O–H groups in total. The number of urea groups is 1. The van der Waals surface area contributed by atoms with Gasteiger partial charge in [0.1, 0.15) is 5.75 Å². The Labute approximate surface area is 137 Å². The van der Waals surface area contributed by atoms with Crippen molar-refractivity contribution in [3.8, 4) is 5.75 Å². The maximum atomic E-state index is 12.2. The third-order valence-electron chi connectivity index (χ3n) is 3.92. The van der Waals surface area contributed by atoms with Crippen molar-refractivity contribution >= 4 is 17.7 Å². The van der Waals surface area contributed by atoms with Crippen LogP contribution >= 0.6 is 0 Å². The molecule has 0 heterocycles. The Morgan fingerprint density at radius 3 is 2.35 bits per heavy atom. The van der Waals surface area contributed by atoms with E-state index in [4.69, 9.17) is 9.84 Å². The van der Waals surface area contributed by atoms with E-state index in [9.17, 15) is 9.59 Å². The van der Waals surface area contributed by atoms with Crippen molar-refractivity contribution in [2.75, 3.05) is 12.4 Å². The molecule has 0 saturated heterocycles. The van der Waals surface area contributed by atoms with Crippen molar-refractivity contribution in [1.82, 2.24) is 5.32 Å². The van der Waals surface area contributed by atoms with Crippen LogP contribution in [-0.2, 0) is 4.79 Å². The Balaban J connectivity index is 2.86. The van der Waals surface area contributed by atoms with Gasteiger partial charge >= 0.3 is 12.0 Å². The highest BCUT2D eigenvalue weighted by Gasteiger charge is 2.22. The molecule has 0 spiro atoms. The zero-order chi connectivity index (χ0) is 17.8. The first-order chi connectivity index (χ1) is 10.6. The van der Waals surface area contributed by atoms with Gasteiger partial charge in [0.2, 0.25) is 0 Å². The van der Waals surface area contributed by atoms with Crippen molar-refractivity contribution in [2.24, 2.45) is 0 Å². The summed E-state index contributed by atoms with van der Waals surface area (Å²) >= 11 is 0. The van der Waals surface area contributed by atoms with Gasteiger partial charge in [0.15, 0.2) is 0 Å². The highest BCUT2D eigenvalue weighted by molar-refractivity contribution is 5.92. The molecular formula is C17H26N2O4. The minimum Gasteiger partial charge on any atom is -0.496 e. The van der Waals surface area contributed by atoms with Crippen molar-refractivity contribution in [3.05, 3.63) is 22.8 Å². The summed E-state index contributed by atoms with van der Waals surface area (Å²) in [6.45, 7) is 9.37. The molecule has 0 fully saturated rings. The Morgan fingerprint density at radius 1 is 1.22 bits per heavy atom. The predicted molar refractivity (Wildman–Crippen MR) is 90.3 cm³/mol. The van der Waals surface area contributed by atoms with Crippen LogP contribution in [0.25, 0.3) is 0 Å². The average Bonchev–Trinajstić information content (AvgIpc) is 2.45. The number of aliphatic carboxylic acids is 1. The van der Waals surface area contributed by atoms with Crippen LogP contribution in [0.3, 0.4) is 0 Å². The Hall–Kier alpha value is -2.24. The molecule has 0 bridgehead atoms. The number of anilines is 1. The number of ether oxygens (including phenoxy) is 1. The molecule has 6 nitrogen and oxygen atoms in total. The van der Waals surface area contributed by atoms with E-state index in [1.54, 1.807) is 21.0 Å². The van der Waals surface area contributed by atoms with Gasteiger partial charge in [0.05, 0.1) is 7.11 Å². The predicted octanol–water partition coefficient (Wildman–Crippen LogP) is 3.39. The van der Waals surface area contributed by atoms with Crippen LogP contribution in [0, 0.1) is 20.8 Å². The van der Waals surface area contributed by atoms with E-state index in [-0.39, 0.29) is 12.5 Å². The number of aryl methyl sites for hydroxylation is 1. The lowest BCUT2D eigenvalue weighted by molar-refractivity contribution is -0.137. The zero-order valence-electron chi connectivity index (χ0n) is 14.7. The molecule has 1 aromatic carbocycles. The molecule has 23 heavy (non-hydrogen) atoms. The SMILES string of the molecule is COc1cc(C)c(NC(=O)NC(C)(C)CCC(=O)O)c(C)c1C. The fourth-order valence-electron chi connectivity index (χ4n) is 2.38. The van der Waals surface area contributed by atoms with Crippen molar-refractivity contribution in [2.45, 2.75) is 53.0 Å². The van der Waals surface area contributed by atoms with Gasteiger partial charge in [-0.1, -0.05) is 0 Å². The van der Waals surface area contributed by atoms with E-state index in [0.717, 1.165) is 28.1 Å². The number of benzene rings is 1. The van der Waals surface area contributed by atoms with Gasteiger partial charge in [-0.3, -0.25) is 4.79 Å². The number of carbonyl (C=O) groups is 2. The molecule has 1 aromatic rings. The molecule has 6 heteroatoms. The van der Waals surface area contributed by atoms with Gasteiger partial charge in [-0.2, -0.15) is 0 Å². The van der Waals surface area contributed by atoms with Crippen molar-refractivity contribution < 1.29 is 19.4 Å². The van der Waals surface area contributed by atoms with E-state index in [0.29, 0.717) is 6.42 Å². The summed E-state index contributed by atoms with van der Waals surface area (Å²) in [5.41, 5.74) is 2.96. The van der Waals surface area contributed by atoms with Gasteiger partial charge in [0.25, 0.3) is 0 Å². The molecule has 0 atom stereocenters. The Morgan fingerprint density at radius 2 is 1.83 bits per heavy atom. The topological polar surface area (TPSA) is 87.7 Å². The van der Waals surface area contributed by atoms with Gasteiger partial charge < -0.3 is 20.5 Å². The maximum Gasteiger partial charge on any atom is 0.319 e. The van der Waals surface area contributed by atoms with Crippen LogP contribution in [0.5, 0.6) is 5.75 Å². The second-order valence-corrected chi connectivity index (χ2v) is 6.38. The second-order valence-electron chi connectivity index (χ2n) is 6.38. The molecule has 1 rings (SSSR count). The largest absolute Gasteiger partial charge is 0.496 e. The van der Waals surface area contributed by atoms with E-state index >= 15 is 0 Å². The molecule has 0 unspecified atom stereocenters. The summed E-state index contributed by atoms with van der Waals surface area (Å²) in [5, 5.41) is 14.4. The lowest BCUT2D eigenvalue weighted by Crippen LogP contribution is -2.46. The van der Waals surface area contributed by atoms with Crippen LogP contribution in [-0.4, -0.2) is 29.8 Å². The summed E-state index contributed by atoms with van der Waals surface area (Å²) in [4.78, 5) is 22.9. The van der Waals surface area contributed by atoms with E-state index in [1.165, 1.54) is 0 Å². The minimum absolute atomic E-state index is 0.00692. The summed E-state index contributed by atoms with van der Waals surface area (Å²) in [6, 6.07) is 1.53. The molecule has 0 aromatic heterocycles. The number of nitrogens with one attached hydrogen (secondary N) is 2. The van der Waals surface area contributed by atoms with Crippen molar-refractivity contribution in [3.63, 3.8) is 0 Å².